The fourth-order valence-electron chi connectivity index (χ4n) is 5.01. The molecule has 29 heavy (non-hydrogen) atoms. The van der Waals surface area contributed by atoms with Crippen LogP contribution in [0.1, 0.15) is 71.4 Å². The molecule has 1 fully saturated rings. The third kappa shape index (κ3) is 3.99. The number of methoxy groups -OCH3 is 1. The first-order valence-electron chi connectivity index (χ1n) is 10.5. The molecule has 1 saturated carbocycles. The van der Waals surface area contributed by atoms with Crippen LogP contribution in [0.4, 0.5) is 0 Å². The molecule has 154 valence electrons. The highest BCUT2D eigenvalue weighted by Crippen LogP contribution is 2.52. The van der Waals surface area contributed by atoms with Crippen LogP contribution in [0.15, 0.2) is 48.5 Å². The number of Topliss-reactive ketones (excluding diaryl/α,β-unsaturated/α-hetero) is 1. The first kappa shape index (κ1) is 21.3. The first-order chi connectivity index (χ1) is 14.0. The molecule has 4 nitrogen and oxygen atoms in total. The highest BCUT2D eigenvalue weighted by Gasteiger charge is 2.49. The van der Waals surface area contributed by atoms with Crippen LogP contribution in [0, 0.1) is 5.92 Å². The Hall–Kier alpha value is -2.46. The van der Waals surface area contributed by atoms with E-state index in [1.54, 1.807) is 12.1 Å². The fraction of sp³-hybridized carbons (Fsp3) is 0.440. The summed E-state index contributed by atoms with van der Waals surface area (Å²) in [6, 6.07) is 15.7. The summed E-state index contributed by atoms with van der Waals surface area (Å²) < 4.78 is 4.82. The van der Waals surface area contributed by atoms with Crippen molar-refractivity contribution in [3.05, 3.63) is 70.8 Å². The molecule has 4 heteroatoms. The predicted molar refractivity (Wildman–Crippen MR) is 113 cm³/mol. The molecule has 2 aromatic carbocycles. The second-order valence-corrected chi connectivity index (χ2v) is 7.82. The van der Waals surface area contributed by atoms with Gasteiger partial charge in [0.25, 0.3) is 0 Å². The van der Waals surface area contributed by atoms with E-state index in [9.17, 15) is 14.7 Å². The fourth-order valence-corrected chi connectivity index (χ4v) is 5.01. The number of aliphatic hydroxyl groups is 1. The minimum absolute atomic E-state index is 0.0542. The lowest BCUT2D eigenvalue weighted by Crippen LogP contribution is -2.48. The highest BCUT2D eigenvalue weighted by molar-refractivity contribution is 6.02. The topological polar surface area (TPSA) is 63.6 Å². The van der Waals surface area contributed by atoms with Crippen molar-refractivity contribution in [2.75, 3.05) is 7.11 Å². The number of carbonyl (C=O) groups is 2. The third-order valence-corrected chi connectivity index (χ3v) is 6.33. The van der Waals surface area contributed by atoms with Crippen molar-refractivity contribution in [1.29, 1.82) is 0 Å². The zero-order chi connectivity index (χ0) is 21.0. The number of rotatable bonds is 3. The third-order valence-electron chi connectivity index (χ3n) is 6.33. The van der Waals surface area contributed by atoms with Crippen LogP contribution in [-0.4, -0.2) is 30.1 Å². The predicted octanol–water partition coefficient (Wildman–Crippen LogP) is 4.73. The van der Waals surface area contributed by atoms with Gasteiger partial charge in [-0.25, -0.2) is 4.79 Å². The van der Waals surface area contributed by atoms with Crippen LogP contribution in [0.3, 0.4) is 0 Å². The monoisotopic (exact) mass is 394 g/mol. The molecule has 3 atom stereocenters. The lowest BCUT2D eigenvalue weighted by molar-refractivity contribution is 0.0385. The van der Waals surface area contributed by atoms with Crippen molar-refractivity contribution in [3.63, 3.8) is 0 Å². The molecule has 0 spiro atoms. The maximum absolute atomic E-state index is 12.9. The summed E-state index contributed by atoms with van der Waals surface area (Å²) in [5.41, 5.74) is 3.12. The van der Waals surface area contributed by atoms with E-state index in [-0.39, 0.29) is 23.2 Å². The Kier molecular flexibility index (Phi) is 6.53. The number of carbonyl (C=O) groups excluding carboxylic acids is 2. The maximum Gasteiger partial charge on any atom is 0.337 e. The molecule has 3 unspecified atom stereocenters. The van der Waals surface area contributed by atoms with Crippen molar-refractivity contribution >= 4 is 11.8 Å². The molecule has 0 saturated heterocycles. The van der Waals surface area contributed by atoms with Gasteiger partial charge in [-0.2, -0.15) is 0 Å². The van der Waals surface area contributed by atoms with Gasteiger partial charge < -0.3 is 9.84 Å². The molecule has 4 rings (SSSR count). The maximum atomic E-state index is 12.9. The molecule has 0 heterocycles. The number of ketones is 1. The van der Waals surface area contributed by atoms with Gasteiger partial charge in [-0.15, -0.1) is 0 Å². The van der Waals surface area contributed by atoms with Crippen molar-refractivity contribution in [1.82, 2.24) is 0 Å². The van der Waals surface area contributed by atoms with Crippen LogP contribution >= 0.6 is 0 Å². The van der Waals surface area contributed by atoms with Gasteiger partial charge in [-0.1, -0.05) is 50.2 Å². The number of hydrogen-bond acceptors (Lipinski definition) is 4. The van der Waals surface area contributed by atoms with E-state index in [2.05, 4.69) is 12.1 Å². The normalized spacial score (nSPS) is 25.2. The molecule has 2 aliphatic carbocycles. The Labute approximate surface area is 172 Å². The molecule has 0 bridgehead atoms. The standard InChI is InChI=1S/C23H24O4.C2H6/c1-27-22(26)16-7-8-20-19(11-16)21(25)13-17-12-18(24)9-10-23(17,20)14-15-5-3-2-4-6-15;1-2/h2-8,11,17-18,24H,9-10,12-14H2,1H3;1-2H3. The summed E-state index contributed by atoms with van der Waals surface area (Å²) in [5.74, 6) is -0.257. The van der Waals surface area contributed by atoms with E-state index in [1.165, 1.54) is 12.7 Å². The Morgan fingerprint density at radius 1 is 1.17 bits per heavy atom. The van der Waals surface area contributed by atoms with E-state index >= 15 is 0 Å². The number of hydrogen-bond donors (Lipinski definition) is 1. The molecule has 2 aromatic rings. The van der Waals surface area contributed by atoms with Crippen LogP contribution in [0.5, 0.6) is 0 Å². The molecule has 0 amide bonds. The van der Waals surface area contributed by atoms with Crippen LogP contribution in [-0.2, 0) is 16.6 Å². The highest BCUT2D eigenvalue weighted by atomic mass is 16.5. The lowest BCUT2D eigenvalue weighted by Gasteiger charge is -2.49. The van der Waals surface area contributed by atoms with Crippen LogP contribution < -0.4 is 0 Å². The van der Waals surface area contributed by atoms with Gasteiger partial charge in [0, 0.05) is 17.4 Å². The zero-order valence-electron chi connectivity index (χ0n) is 17.5. The molecule has 1 N–H and O–H groups in total. The minimum atomic E-state index is -0.427. The molecule has 0 radical (unpaired) electrons. The van der Waals surface area contributed by atoms with Crippen molar-refractivity contribution in [2.45, 2.75) is 57.5 Å². The molecule has 2 aliphatic rings. The Balaban J connectivity index is 0.00000117. The van der Waals surface area contributed by atoms with Gasteiger partial charge in [-0.05, 0) is 54.9 Å². The van der Waals surface area contributed by atoms with Gasteiger partial charge in [0.05, 0.1) is 18.8 Å². The smallest absolute Gasteiger partial charge is 0.337 e. The van der Waals surface area contributed by atoms with E-state index in [4.69, 9.17) is 4.74 Å². The SMILES string of the molecule is CC.COC(=O)c1ccc2c(c1)C(=O)CC1CC(O)CCC21Cc1ccccc1. The first-order valence-corrected chi connectivity index (χ1v) is 10.5. The molecule has 0 aromatic heterocycles. The number of aliphatic hydroxyl groups excluding tert-OH is 1. The summed E-state index contributed by atoms with van der Waals surface area (Å²) >= 11 is 0. The van der Waals surface area contributed by atoms with E-state index < -0.39 is 5.97 Å². The second-order valence-electron chi connectivity index (χ2n) is 7.82. The number of fused-ring (bicyclic) bond motifs is 3. The molecule has 0 aliphatic heterocycles. The number of ether oxygens (including phenoxy) is 1. The lowest BCUT2D eigenvalue weighted by atomic mass is 9.54. The van der Waals surface area contributed by atoms with Crippen LogP contribution in [0.25, 0.3) is 0 Å². The largest absolute Gasteiger partial charge is 0.465 e. The average molecular weight is 395 g/mol. The van der Waals surface area contributed by atoms with Crippen molar-refractivity contribution in [2.24, 2.45) is 5.92 Å². The summed E-state index contributed by atoms with van der Waals surface area (Å²) in [7, 11) is 1.35. The number of benzene rings is 2. The average Bonchev–Trinajstić information content (AvgIpc) is 2.76. The van der Waals surface area contributed by atoms with Gasteiger partial charge in [0.15, 0.2) is 5.78 Å². The van der Waals surface area contributed by atoms with Gasteiger partial charge in [0.1, 0.15) is 0 Å². The minimum Gasteiger partial charge on any atom is -0.465 e. The Morgan fingerprint density at radius 2 is 1.90 bits per heavy atom. The van der Waals surface area contributed by atoms with Gasteiger partial charge in [0.2, 0.25) is 0 Å². The summed E-state index contributed by atoms with van der Waals surface area (Å²) in [5, 5.41) is 10.2. The van der Waals surface area contributed by atoms with Gasteiger partial charge >= 0.3 is 5.97 Å². The van der Waals surface area contributed by atoms with Crippen molar-refractivity contribution < 1.29 is 19.4 Å². The molecular weight excluding hydrogens is 364 g/mol. The molecular formula is C25H30O4. The quantitative estimate of drug-likeness (QED) is 0.765. The summed E-state index contributed by atoms with van der Waals surface area (Å²) in [4.78, 5) is 24.8. The zero-order valence-corrected chi connectivity index (χ0v) is 17.5. The number of esters is 1. The van der Waals surface area contributed by atoms with Crippen molar-refractivity contribution in [3.8, 4) is 0 Å². The van der Waals surface area contributed by atoms with Gasteiger partial charge in [-0.3, -0.25) is 4.79 Å². The Bertz CT molecular complexity index is 874. The second kappa shape index (κ2) is 8.91. The summed E-state index contributed by atoms with van der Waals surface area (Å²) in [6.07, 6.45) is 3.13. The van der Waals surface area contributed by atoms with E-state index in [0.29, 0.717) is 24.0 Å². The van der Waals surface area contributed by atoms with Crippen LogP contribution in [0.2, 0.25) is 0 Å². The van der Waals surface area contributed by atoms with E-state index in [1.807, 2.05) is 38.1 Å². The Morgan fingerprint density at radius 3 is 2.59 bits per heavy atom. The van der Waals surface area contributed by atoms with E-state index in [0.717, 1.165) is 24.8 Å². The summed E-state index contributed by atoms with van der Waals surface area (Å²) in [6.45, 7) is 4.00.